The number of benzene rings is 2. The molecule has 0 aliphatic rings. The zero-order valence-electron chi connectivity index (χ0n) is 15.6. The lowest BCUT2D eigenvalue weighted by Crippen LogP contribution is -2.10. The fourth-order valence-electron chi connectivity index (χ4n) is 2.71. The van der Waals surface area contributed by atoms with Crippen LogP contribution in [0.5, 0.6) is 11.5 Å². The van der Waals surface area contributed by atoms with Crippen molar-refractivity contribution < 1.29 is 37.0 Å². The Morgan fingerprint density at radius 2 is 1.80 bits per heavy atom. The van der Waals surface area contributed by atoms with Crippen LogP contribution in [0.3, 0.4) is 0 Å². The van der Waals surface area contributed by atoms with E-state index in [9.17, 15) is 18.0 Å². The van der Waals surface area contributed by atoms with E-state index in [1.807, 2.05) is 0 Å². The van der Waals surface area contributed by atoms with Gasteiger partial charge in [0, 0.05) is 16.1 Å². The van der Waals surface area contributed by atoms with Gasteiger partial charge in [0.05, 0.1) is 0 Å². The van der Waals surface area contributed by atoms with Crippen molar-refractivity contribution in [3.05, 3.63) is 70.4 Å². The Morgan fingerprint density at radius 1 is 1.10 bits per heavy atom. The van der Waals surface area contributed by atoms with Gasteiger partial charge in [0.2, 0.25) is 5.76 Å². The Balaban J connectivity index is 1.79. The SMILES string of the molecule is Cc1cc(OCc2cc(-c3ccc(Cl)cc3)oc2C(F)(F)F)ccc1OCC(=O)O. The Labute approximate surface area is 174 Å². The van der Waals surface area contributed by atoms with Gasteiger partial charge in [-0.3, -0.25) is 0 Å². The normalized spacial score (nSPS) is 11.4. The lowest BCUT2D eigenvalue weighted by molar-refractivity contribution is -0.153. The number of furan rings is 1. The molecule has 0 radical (unpaired) electrons. The van der Waals surface area contributed by atoms with Crippen LogP contribution < -0.4 is 9.47 Å². The Kier molecular flexibility index (Phi) is 6.26. The van der Waals surface area contributed by atoms with E-state index >= 15 is 0 Å². The van der Waals surface area contributed by atoms with Gasteiger partial charge >= 0.3 is 12.1 Å². The highest BCUT2D eigenvalue weighted by molar-refractivity contribution is 6.30. The molecular formula is C21H16ClF3O5. The number of alkyl halides is 3. The van der Waals surface area contributed by atoms with E-state index in [4.69, 9.17) is 30.6 Å². The summed E-state index contributed by atoms with van der Waals surface area (Å²) in [6.45, 7) is 0.793. The number of hydrogen-bond acceptors (Lipinski definition) is 4. The van der Waals surface area contributed by atoms with Crippen LogP contribution >= 0.6 is 11.6 Å². The van der Waals surface area contributed by atoms with E-state index < -0.39 is 24.5 Å². The third-order valence-corrected chi connectivity index (χ3v) is 4.34. The van der Waals surface area contributed by atoms with Crippen molar-refractivity contribution in [1.29, 1.82) is 0 Å². The van der Waals surface area contributed by atoms with Crippen LogP contribution in [0.15, 0.2) is 52.9 Å². The number of aryl methyl sites for hydroxylation is 1. The molecule has 0 spiro atoms. The van der Waals surface area contributed by atoms with E-state index in [1.54, 1.807) is 37.3 Å². The highest BCUT2D eigenvalue weighted by Crippen LogP contribution is 2.38. The maximum Gasteiger partial charge on any atom is 0.449 e. The highest BCUT2D eigenvalue weighted by atomic mass is 35.5. The lowest BCUT2D eigenvalue weighted by Gasteiger charge is -2.11. The van der Waals surface area contributed by atoms with E-state index in [1.165, 1.54) is 18.2 Å². The van der Waals surface area contributed by atoms with Crippen LogP contribution in [0.2, 0.25) is 5.02 Å². The molecule has 3 aromatic rings. The first-order valence-electron chi connectivity index (χ1n) is 8.67. The minimum atomic E-state index is -4.69. The molecule has 0 atom stereocenters. The summed E-state index contributed by atoms with van der Waals surface area (Å²) in [7, 11) is 0. The van der Waals surface area contributed by atoms with Crippen LogP contribution in [0.25, 0.3) is 11.3 Å². The van der Waals surface area contributed by atoms with Gasteiger partial charge in [0.1, 0.15) is 23.9 Å². The molecule has 1 N–H and O–H groups in total. The largest absolute Gasteiger partial charge is 0.489 e. The first-order chi connectivity index (χ1) is 14.1. The molecule has 1 heterocycles. The number of rotatable bonds is 7. The topological polar surface area (TPSA) is 68.9 Å². The Bertz CT molecular complexity index is 1040. The molecule has 0 amide bonds. The summed E-state index contributed by atoms with van der Waals surface area (Å²) >= 11 is 5.82. The molecule has 158 valence electrons. The molecular weight excluding hydrogens is 425 g/mol. The summed E-state index contributed by atoms with van der Waals surface area (Å²) in [6.07, 6.45) is -4.69. The molecule has 0 saturated carbocycles. The molecule has 2 aromatic carbocycles. The standard InChI is InChI=1S/C21H16ClF3O5/c1-12-8-16(6-7-17(12)29-11-19(26)27)28-10-14-9-18(30-20(14)21(23,24)25)13-2-4-15(22)5-3-13/h2-9H,10-11H2,1H3,(H,26,27). The predicted octanol–water partition coefficient (Wildman–Crippen LogP) is 5.97. The lowest BCUT2D eigenvalue weighted by atomic mass is 10.1. The van der Waals surface area contributed by atoms with Gasteiger partial charge < -0.3 is 19.0 Å². The van der Waals surface area contributed by atoms with Gasteiger partial charge in [-0.15, -0.1) is 0 Å². The van der Waals surface area contributed by atoms with Gasteiger partial charge in [-0.05, 0) is 61.0 Å². The average Bonchev–Trinajstić information content (AvgIpc) is 3.11. The summed E-state index contributed by atoms with van der Waals surface area (Å²) in [6, 6.07) is 12.0. The first-order valence-corrected chi connectivity index (χ1v) is 9.05. The third kappa shape index (κ3) is 5.27. The van der Waals surface area contributed by atoms with Crippen LogP contribution in [-0.4, -0.2) is 17.7 Å². The summed E-state index contributed by atoms with van der Waals surface area (Å²) in [5.41, 5.74) is 0.877. The monoisotopic (exact) mass is 440 g/mol. The van der Waals surface area contributed by atoms with E-state index in [2.05, 4.69) is 0 Å². The molecule has 0 fully saturated rings. The maximum absolute atomic E-state index is 13.4. The molecule has 5 nitrogen and oxygen atoms in total. The zero-order valence-corrected chi connectivity index (χ0v) is 16.4. The first kappa shape index (κ1) is 21.6. The zero-order chi connectivity index (χ0) is 21.9. The van der Waals surface area contributed by atoms with Crippen LogP contribution in [0.4, 0.5) is 13.2 Å². The van der Waals surface area contributed by atoms with Crippen molar-refractivity contribution in [3.63, 3.8) is 0 Å². The Hall–Kier alpha value is -3.13. The fraction of sp³-hybridized carbons (Fsp3) is 0.190. The quantitative estimate of drug-likeness (QED) is 0.490. The van der Waals surface area contributed by atoms with Crippen molar-refractivity contribution in [3.8, 4) is 22.8 Å². The fourth-order valence-corrected chi connectivity index (χ4v) is 2.83. The average molecular weight is 441 g/mol. The van der Waals surface area contributed by atoms with Gasteiger partial charge in [-0.2, -0.15) is 13.2 Å². The number of ether oxygens (including phenoxy) is 2. The summed E-state index contributed by atoms with van der Waals surface area (Å²) in [5, 5.41) is 9.12. The van der Waals surface area contributed by atoms with E-state index in [0.717, 1.165) is 0 Å². The number of carboxylic acids is 1. The minimum Gasteiger partial charge on any atom is -0.489 e. The number of halogens is 4. The van der Waals surface area contributed by atoms with Crippen molar-refractivity contribution in [2.75, 3.05) is 6.61 Å². The number of aliphatic carboxylic acids is 1. The number of carbonyl (C=O) groups is 1. The van der Waals surface area contributed by atoms with Gasteiger partial charge in [0.15, 0.2) is 6.61 Å². The second-order valence-electron chi connectivity index (χ2n) is 6.37. The highest BCUT2D eigenvalue weighted by Gasteiger charge is 2.38. The molecule has 0 aliphatic heterocycles. The molecule has 1 aromatic heterocycles. The Morgan fingerprint density at radius 3 is 2.40 bits per heavy atom. The van der Waals surface area contributed by atoms with Crippen molar-refractivity contribution in [2.45, 2.75) is 19.7 Å². The van der Waals surface area contributed by atoms with Gasteiger partial charge in [0.25, 0.3) is 0 Å². The number of hydrogen-bond donors (Lipinski definition) is 1. The predicted molar refractivity (Wildman–Crippen MR) is 103 cm³/mol. The molecule has 0 aliphatic carbocycles. The summed E-state index contributed by atoms with van der Waals surface area (Å²) in [4.78, 5) is 10.6. The van der Waals surface area contributed by atoms with Crippen molar-refractivity contribution in [2.24, 2.45) is 0 Å². The van der Waals surface area contributed by atoms with Gasteiger partial charge in [-0.1, -0.05) is 11.6 Å². The minimum absolute atomic E-state index is 0.0474. The van der Waals surface area contributed by atoms with Crippen LogP contribution in [0, 0.1) is 6.92 Å². The molecule has 9 heteroatoms. The van der Waals surface area contributed by atoms with E-state index in [0.29, 0.717) is 27.6 Å². The second-order valence-corrected chi connectivity index (χ2v) is 6.80. The van der Waals surface area contributed by atoms with E-state index in [-0.39, 0.29) is 17.9 Å². The molecule has 0 unspecified atom stereocenters. The van der Waals surface area contributed by atoms with Gasteiger partial charge in [-0.25, -0.2) is 4.79 Å². The summed E-state index contributed by atoms with van der Waals surface area (Å²) < 4.78 is 55.9. The maximum atomic E-state index is 13.4. The summed E-state index contributed by atoms with van der Waals surface area (Å²) in [5.74, 6) is -1.56. The second kappa shape index (κ2) is 8.71. The van der Waals surface area contributed by atoms with Crippen LogP contribution in [0.1, 0.15) is 16.9 Å². The number of carboxylic acid groups (broad SMARTS) is 1. The molecule has 0 saturated heterocycles. The van der Waals surface area contributed by atoms with Crippen molar-refractivity contribution in [1.82, 2.24) is 0 Å². The smallest absolute Gasteiger partial charge is 0.449 e. The molecule has 3 rings (SSSR count). The molecule has 0 bridgehead atoms. The molecule has 30 heavy (non-hydrogen) atoms. The van der Waals surface area contributed by atoms with Crippen LogP contribution in [-0.2, 0) is 17.6 Å². The van der Waals surface area contributed by atoms with Crippen molar-refractivity contribution >= 4 is 17.6 Å². The third-order valence-electron chi connectivity index (χ3n) is 4.09.